The lowest BCUT2D eigenvalue weighted by molar-refractivity contribution is 0.217. The fourth-order valence-electron chi connectivity index (χ4n) is 2.94. The maximum atomic E-state index is 3.79. The van der Waals surface area contributed by atoms with Gasteiger partial charge in [-0.3, -0.25) is 0 Å². The van der Waals surface area contributed by atoms with Crippen LogP contribution in [0.25, 0.3) is 0 Å². The first kappa shape index (κ1) is 11.9. The molecule has 3 rings (SSSR count). The highest BCUT2D eigenvalue weighted by molar-refractivity contribution is 7.99. The van der Waals surface area contributed by atoms with Crippen molar-refractivity contribution in [1.82, 2.24) is 0 Å². The Hall–Kier alpha value is -1.15. The summed E-state index contributed by atoms with van der Waals surface area (Å²) in [6.45, 7) is 3.79. The van der Waals surface area contributed by atoms with Gasteiger partial charge in [0.2, 0.25) is 0 Å². The minimum absolute atomic E-state index is 0.638. The van der Waals surface area contributed by atoms with Gasteiger partial charge in [0.05, 0.1) is 0 Å². The Bertz CT molecular complexity index is 466. The SMILES string of the molecule is C=CCSc1ccccc1NC1CC2CC=CC21. The summed E-state index contributed by atoms with van der Waals surface area (Å²) < 4.78 is 0. The number of allylic oxidation sites excluding steroid dienone is 1. The Morgan fingerprint density at radius 1 is 1.39 bits per heavy atom. The van der Waals surface area contributed by atoms with Crippen LogP contribution in [0.2, 0.25) is 0 Å². The highest BCUT2D eigenvalue weighted by Gasteiger charge is 2.40. The van der Waals surface area contributed by atoms with Gasteiger partial charge in [0.15, 0.2) is 0 Å². The number of hydrogen-bond acceptors (Lipinski definition) is 2. The van der Waals surface area contributed by atoms with Gasteiger partial charge in [-0.05, 0) is 30.9 Å². The van der Waals surface area contributed by atoms with Crippen molar-refractivity contribution >= 4 is 17.4 Å². The molecule has 1 N–H and O–H groups in total. The second kappa shape index (κ2) is 5.23. The minimum atomic E-state index is 0.638. The fourth-order valence-corrected chi connectivity index (χ4v) is 3.70. The zero-order valence-electron chi connectivity index (χ0n) is 10.5. The second-order valence-corrected chi connectivity index (χ2v) is 6.15. The Labute approximate surface area is 113 Å². The van der Waals surface area contributed by atoms with Crippen LogP contribution < -0.4 is 5.32 Å². The molecule has 2 aliphatic rings. The normalized spacial score (nSPS) is 28.6. The summed E-state index contributed by atoms with van der Waals surface area (Å²) in [7, 11) is 0. The smallest absolute Gasteiger partial charge is 0.0480 e. The molecule has 0 heterocycles. The number of nitrogens with one attached hydrogen (secondary N) is 1. The molecule has 0 aromatic heterocycles. The molecule has 1 aromatic rings. The van der Waals surface area contributed by atoms with E-state index in [0.29, 0.717) is 6.04 Å². The minimum Gasteiger partial charge on any atom is -0.381 e. The van der Waals surface area contributed by atoms with E-state index in [-0.39, 0.29) is 0 Å². The van der Waals surface area contributed by atoms with Crippen molar-refractivity contribution in [1.29, 1.82) is 0 Å². The predicted octanol–water partition coefficient (Wildman–Crippen LogP) is 4.34. The van der Waals surface area contributed by atoms with Crippen LogP contribution in [0.5, 0.6) is 0 Å². The average Bonchev–Trinajstić information content (AvgIpc) is 2.76. The van der Waals surface area contributed by atoms with Crippen LogP contribution in [-0.4, -0.2) is 11.8 Å². The zero-order valence-corrected chi connectivity index (χ0v) is 11.3. The van der Waals surface area contributed by atoms with Crippen molar-refractivity contribution in [2.45, 2.75) is 23.8 Å². The summed E-state index contributed by atoms with van der Waals surface area (Å²) in [4.78, 5) is 1.34. The third-order valence-electron chi connectivity index (χ3n) is 3.95. The monoisotopic (exact) mass is 257 g/mol. The van der Waals surface area contributed by atoms with Gasteiger partial charge in [-0.1, -0.05) is 30.4 Å². The highest BCUT2D eigenvalue weighted by atomic mass is 32.2. The first-order valence-electron chi connectivity index (χ1n) is 6.64. The summed E-state index contributed by atoms with van der Waals surface area (Å²) in [5, 5.41) is 3.72. The van der Waals surface area contributed by atoms with Gasteiger partial charge in [-0.2, -0.15) is 0 Å². The van der Waals surface area contributed by atoms with Crippen molar-refractivity contribution < 1.29 is 0 Å². The summed E-state index contributed by atoms with van der Waals surface area (Å²) in [6, 6.07) is 9.24. The number of hydrogen-bond donors (Lipinski definition) is 1. The predicted molar refractivity (Wildman–Crippen MR) is 80.1 cm³/mol. The molecule has 1 saturated carbocycles. The van der Waals surface area contributed by atoms with Gasteiger partial charge in [0, 0.05) is 28.3 Å². The van der Waals surface area contributed by atoms with Crippen LogP contribution in [0.4, 0.5) is 5.69 Å². The van der Waals surface area contributed by atoms with Gasteiger partial charge >= 0.3 is 0 Å². The van der Waals surface area contributed by atoms with E-state index < -0.39 is 0 Å². The summed E-state index contributed by atoms with van der Waals surface area (Å²) >= 11 is 1.85. The number of rotatable bonds is 5. The van der Waals surface area contributed by atoms with E-state index >= 15 is 0 Å². The fraction of sp³-hybridized carbons (Fsp3) is 0.375. The molecule has 0 radical (unpaired) electrons. The topological polar surface area (TPSA) is 12.0 Å². The van der Waals surface area contributed by atoms with E-state index in [1.54, 1.807) is 0 Å². The van der Waals surface area contributed by atoms with Crippen LogP contribution >= 0.6 is 11.8 Å². The summed E-state index contributed by atoms with van der Waals surface area (Å²) in [5.41, 5.74) is 1.29. The van der Waals surface area contributed by atoms with Gasteiger partial charge in [0.1, 0.15) is 0 Å². The molecule has 94 valence electrons. The Balaban J connectivity index is 1.68. The third kappa shape index (κ3) is 2.22. The molecule has 1 fully saturated rings. The van der Waals surface area contributed by atoms with Gasteiger partial charge in [-0.15, -0.1) is 18.3 Å². The van der Waals surface area contributed by atoms with E-state index in [1.807, 2.05) is 17.8 Å². The van der Waals surface area contributed by atoms with Gasteiger partial charge in [-0.25, -0.2) is 0 Å². The summed E-state index contributed by atoms with van der Waals surface area (Å²) in [5.74, 6) is 2.65. The van der Waals surface area contributed by atoms with Crippen molar-refractivity contribution in [3.05, 3.63) is 49.1 Å². The molecule has 0 bridgehead atoms. The molecule has 0 aliphatic heterocycles. The maximum absolute atomic E-state index is 3.79. The molecule has 0 saturated heterocycles. The van der Waals surface area contributed by atoms with Crippen molar-refractivity contribution in [2.75, 3.05) is 11.1 Å². The molecule has 3 unspecified atom stereocenters. The third-order valence-corrected chi connectivity index (χ3v) is 5.02. The highest BCUT2D eigenvalue weighted by Crippen LogP contribution is 2.44. The lowest BCUT2D eigenvalue weighted by atomic mass is 9.71. The molecule has 2 heteroatoms. The molecule has 3 atom stereocenters. The standard InChI is InChI=1S/C16H19NS/c1-2-10-18-16-9-4-3-8-14(16)17-15-11-12-6-5-7-13(12)15/h2-5,7-9,12-13,15,17H,1,6,10-11H2. The van der Waals surface area contributed by atoms with E-state index in [4.69, 9.17) is 0 Å². The molecular weight excluding hydrogens is 238 g/mol. The second-order valence-electron chi connectivity index (χ2n) is 5.08. The van der Waals surface area contributed by atoms with Crippen LogP contribution in [0.15, 0.2) is 54.0 Å². The average molecular weight is 257 g/mol. The largest absolute Gasteiger partial charge is 0.381 e. The Kier molecular flexibility index (Phi) is 3.46. The van der Waals surface area contributed by atoms with Crippen molar-refractivity contribution in [2.24, 2.45) is 11.8 Å². The Morgan fingerprint density at radius 3 is 3.11 bits per heavy atom. The lowest BCUT2D eigenvalue weighted by Gasteiger charge is -2.41. The van der Waals surface area contributed by atoms with E-state index in [2.05, 4.69) is 48.3 Å². The Morgan fingerprint density at radius 2 is 2.28 bits per heavy atom. The molecule has 0 spiro atoms. The summed E-state index contributed by atoms with van der Waals surface area (Å²) in [6.07, 6.45) is 9.30. The van der Waals surface area contributed by atoms with E-state index in [1.165, 1.54) is 23.4 Å². The molecule has 18 heavy (non-hydrogen) atoms. The van der Waals surface area contributed by atoms with Gasteiger partial charge in [0.25, 0.3) is 0 Å². The van der Waals surface area contributed by atoms with E-state index in [0.717, 1.165) is 17.6 Å². The van der Waals surface area contributed by atoms with Crippen molar-refractivity contribution in [3.8, 4) is 0 Å². The number of thioether (sulfide) groups is 1. The quantitative estimate of drug-likeness (QED) is 0.622. The van der Waals surface area contributed by atoms with Gasteiger partial charge < -0.3 is 5.32 Å². The number of anilines is 1. The molecular formula is C16H19NS. The van der Waals surface area contributed by atoms with Crippen LogP contribution in [0, 0.1) is 11.8 Å². The van der Waals surface area contributed by atoms with E-state index in [9.17, 15) is 0 Å². The number of benzene rings is 1. The molecule has 2 aliphatic carbocycles. The molecule has 1 aromatic carbocycles. The van der Waals surface area contributed by atoms with Crippen LogP contribution in [-0.2, 0) is 0 Å². The zero-order chi connectivity index (χ0) is 12.4. The van der Waals surface area contributed by atoms with Crippen LogP contribution in [0.3, 0.4) is 0 Å². The maximum Gasteiger partial charge on any atom is 0.0480 e. The number of para-hydroxylation sites is 1. The van der Waals surface area contributed by atoms with Crippen molar-refractivity contribution in [3.63, 3.8) is 0 Å². The number of fused-ring (bicyclic) bond motifs is 1. The first-order chi connectivity index (χ1) is 8.88. The lowest BCUT2D eigenvalue weighted by Crippen LogP contribution is -2.43. The molecule has 1 nitrogen and oxygen atoms in total. The first-order valence-corrected chi connectivity index (χ1v) is 7.63. The molecule has 0 amide bonds. The van der Waals surface area contributed by atoms with Crippen LogP contribution in [0.1, 0.15) is 12.8 Å².